The van der Waals surface area contributed by atoms with Crippen LogP contribution in [0.4, 0.5) is 0 Å². The van der Waals surface area contributed by atoms with Crippen LogP contribution in [0.5, 0.6) is 0 Å². The normalized spacial score (nSPS) is 14.9. The highest BCUT2D eigenvalue weighted by Crippen LogP contribution is 1.96. The fourth-order valence-corrected chi connectivity index (χ4v) is 0.606. The van der Waals surface area contributed by atoms with Gasteiger partial charge in [-0.15, -0.1) is 0 Å². The molecule has 2 atom stereocenters. The Bertz CT molecular complexity index is 184. The van der Waals surface area contributed by atoms with Crippen molar-refractivity contribution >= 4 is 5.91 Å². The van der Waals surface area contributed by atoms with Crippen molar-refractivity contribution < 1.29 is 14.8 Å². The summed E-state index contributed by atoms with van der Waals surface area (Å²) in [5.41, 5.74) is 5.19. The lowest BCUT2D eigenvalue weighted by Gasteiger charge is -2.09. The number of nitrogens with two attached hydrogens (primary N) is 1. The molecule has 0 spiro atoms. The Morgan fingerprint density at radius 3 is 2.67 bits per heavy atom. The first kappa shape index (κ1) is 10.8. The zero-order valence-corrected chi connectivity index (χ0v) is 6.56. The van der Waals surface area contributed by atoms with Gasteiger partial charge in [0.05, 0.1) is 17.4 Å². The van der Waals surface area contributed by atoms with Crippen molar-refractivity contribution in [3.8, 4) is 0 Å². The minimum absolute atomic E-state index is 0.382. The summed E-state index contributed by atoms with van der Waals surface area (Å²) in [6, 6.07) is -1.05. The molecular weight excluding hydrogens is 166 g/mol. The quantitative estimate of drug-likeness (QED) is 0.262. The summed E-state index contributed by atoms with van der Waals surface area (Å²) >= 11 is 0. The molecule has 0 aromatic rings. The van der Waals surface area contributed by atoms with E-state index in [9.17, 15) is 14.9 Å². The van der Waals surface area contributed by atoms with E-state index in [2.05, 4.69) is 5.32 Å². The molecule has 7 nitrogen and oxygen atoms in total. The number of likely N-dealkylation sites (N-methyl/N-ethyl adjacent to an activating group) is 1. The van der Waals surface area contributed by atoms with Crippen LogP contribution in [0.15, 0.2) is 0 Å². The predicted molar refractivity (Wildman–Crippen MR) is 39.7 cm³/mol. The predicted octanol–water partition coefficient (Wildman–Crippen LogP) is -1.96. The number of nitro groups is 1. The van der Waals surface area contributed by atoms with E-state index in [-0.39, 0.29) is 6.42 Å². The zero-order chi connectivity index (χ0) is 9.72. The Labute approximate surface area is 68.7 Å². The number of carbonyl (C=O) groups excluding carboxylic acids is 1. The second kappa shape index (κ2) is 4.62. The molecule has 0 aliphatic heterocycles. The van der Waals surface area contributed by atoms with E-state index < -0.39 is 23.1 Å². The van der Waals surface area contributed by atoms with Crippen LogP contribution in [0.25, 0.3) is 0 Å². The molecule has 1 amide bonds. The minimum Gasteiger partial charge on any atom is -0.358 e. The van der Waals surface area contributed by atoms with E-state index >= 15 is 0 Å². The Hall–Kier alpha value is -1.21. The molecule has 4 N–H and O–H groups in total. The van der Waals surface area contributed by atoms with Crippen LogP contribution in [-0.2, 0) is 4.79 Å². The molecule has 0 aliphatic carbocycles. The molecule has 0 fully saturated rings. The van der Waals surface area contributed by atoms with Crippen LogP contribution in [0, 0.1) is 10.1 Å². The molecule has 0 bridgehead atoms. The van der Waals surface area contributed by atoms with E-state index in [1.807, 2.05) is 0 Å². The van der Waals surface area contributed by atoms with Crippen LogP contribution < -0.4 is 11.1 Å². The molecule has 7 heteroatoms. The maximum absolute atomic E-state index is 10.7. The fraction of sp³-hybridized carbons (Fsp3) is 0.800. The Morgan fingerprint density at radius 1 is 1.83 bits per heavy atom. The molecule has 0 rings (SSSR count). The largest absolute Gasteiger partial charge is 0.358 e. The van der Waals surface area contributed by atoms with Crippen molar-refractivity contribution in [2.75, 3.05) is 7.05 Å². The number of aliphatic hydroxyl groups excluding tert-OH is 1. The highest BCUT2D eigenvalue weighted by molar-refractivity contribution is 5.81. The van der Waals surface area contributed by atoms with Crippen molar-refractivity contribution in [3.63, 3.8) is 0 Å². The molecular formula is C5H11N3O4. The van der Waals surface area contributed by atoms with Gasteiger partial charge in [0.1, 0.15) is 0 Å². The van der Waals surface area contributed by atoms with Crippen molar-refractivity contribution in [2.24, 2.45) is 5.73 Å². The second-order valence-corrected chi connectivity index (χ2v) is 2.22. The molecule has 0 radical (unpaired) electrons. The van der Waals surface area contributed by atoms with Gasteiger partial charge in [0.2, 0.25) is 5.91 Å². The molecule has 70 valence electrons. The van der Waals surface area contributed by atoms with Crippen molar-refractivity contribution in [3.05, 3.63) is 10.1 Å². The van der Waals surface area contributed by atoms with E-state index in [0.29, 0.717) is 0 Å². The monoisotopic (exact) mass is 177 g/mol. The summed E-state index contributed by atoms with van der Waals surface area (Å²) in [5.74, 6) is -0.532. The molecule has 12 heavy (non-hydrogen) atoms. The number of nitrogens with zero attached hydrogens (tertiary/aromatic N) is 1. The SMILES string of the molecule is CNC(=O)[C@@H](N)CC(O)[N+](=O)[O-]. The molecule has 0 aliphatic rings. The van der Waals surface area contributed by atoms with Gasteiger partial charge in [-0.05, 0) is 0 Å². The van der Waals surface area contributed by atoms with Crippen LogP contribution in [0.2, 0.25) is 0 Å². The van der Waals surface area contributed by atoms with Gasteiger partial charge in [0.25, 0.3) is 0 Å². The summed E-state index contributed by atoms with van der Waals surface area (Å²) in [6.45, 7) is 0. The van der Waals surface area contributed by atoms with Crippen LogP contribution in [-0.4, -0.2) is 35.3 Å². The van der Waals surface area contributed by atoms with Crippen LogP contribution in [0.1, 0.15) is 6.42 Å². The van der Waals surface area contributed by atoms with Gasteiger partial charge in [-0.25, -0.2) is 0 Å². The Balaban J connectivity index is 3.91. The lowest BCUT2D eigenvalue weighted by Crippen LogP contribution is -2.42. The third-order valence-corrected chi connectivity index (χ3v) is 1.29. The van der Waals surface area contributed by atoms with Gasteiger partial charge in [-0.1, -0.05) is 0 Å². The third kappa shape index (κ3) is 3.26. The van der Waals surface area contributed by atoms with E-state index in [1.54, 1.807) is 0 Å². The molecule has 0 saturated carbocycles. The van der Waals surface area contributed by atoms with Gasteiger partial charge < -0.3 is 16.2 Å². The third-order valence-electron chi connectivity index (χ3n) is 1.29. The minimum atomic E-state index is -1.78. The summed E-state index contributed by atoms with van der Waals surface area (Å²) in [5, 5.41) is 20.8. The lowest BCUT2D eigenvalue weighted by atomic mass is 10.2. The van der Waals surface area contributed by atoms with Gasteiger partial charge in [-0.2, -0.15) is 0 Å². The first-order valence-corrected chi connectivity index (χ1v) is 3.27. The highest BCUT2D eigenvalue weighted by atomic mass is 16.7. The summed E-state index contributed by atoms with van der Waals surface area (Å²) in [7, 11) is 1.36. The van der Waals surface area contributed by atoms with Crippen LogP contribution in [0.3, 0.4) is 0 Å². The highest BCUT2D eigenvalue weighted by Gasteiger charge is 2.23. The average molecular weight is 177 g/mol. The maximum atomic E-state index is 10.7. The standard InChI is InChI=1S/C5H11N3O4/c1-7-5(10)3(6)2-4(9)8(11)12/h3-4,9H,2,6H2,1H3,(H,7,10)/t3-,4?/m0/s1. The number of rotatable bonds is 4. The van der Waals surface area contributed by atoms with Gasteiger partial charge in [-0.3, -0.25) is 14.9 Å². The molecule has 1 unspecified atom stereocenters. The molecule has 0 saturated heterocycles. The number of nitrogens with one attached hydrogen (secondary N) is 1. The topological polar surface area (TPSA) is 118 Å². The van der Waals surface area contributed by atoms with Gasteiger partial charge in [0.15, 0.2) is 0 Å². The zero-order valence-electron chi connectivity index (χ0n) is 6.56. The number of aliphatic hydroxyl groups is 1. The van der Waals surface area contributed by atoms with Gasteiger partial charge in [0, 0.05) is 7.05 Å². The summed E-state index contributed by atoms with van der Waals surface area (Å²) in [6.07, 6.45) is -2.16. The van der Waals surface area contributed by atoms with E-state index in [0.717, 1.165) is 0 Å². The Kier molecular flexibility index (Phi) is 4.16. The van der Waals surface area contributed by atoms with Crippen molar-refractivity contribution in [1.29, 1.82) is 0 Å². The van der Waals surface area contributed by atoms with E-state index in [1.165, 1.54) is 7.05 Å². The van der Waals surface area contributed by atoms with E-state index in [4.69, 9.17) is 10.8 Å². The summed E-state index contributed by atoms with van der Waals surface area (Å²) in [4.78, 5) is 19.7. The fourth-order valence-electron chi connectivity index (χ4n) is 0.606. The lowest BCUT2D eigenvalue weighted by molar-refractivity contribution is -0.571. The smallest absolute Gasteiger partial charge is 0.315 e. The van der Waals surface area contributed by atoms with Crippen molar-refractivity contribution in [2.45, 2.75) is 18.7 Å². The maximum Gasteiger partial charge on any atom is 0.315 e. The van der Waals surface area contributed by atoms with Crippen LogP contribution >= 0.6 is 0 Å². The first-order chi connectivity index (χ1) is 5.49. The number of amides is 1. The Morgan fingerprint density at radius 2 is 2.33 bits per heavy atom. The number of hydrogen-bond donors (Lipinski definition) is 3. The number of hydrogen-bond acceptors (Lipinski definition) is 5. The summed E-state index contributed by atoms with van der Waals surface area (Å²) < 4.78 is 0. The average Bonchev–Trinajstić information content (AvgIpc) is 2.02. The molecule has 0 heterocycles. The van der Waals surface area contributed by atoms with Crippen molar-refractivity contribution in [1.82, 2.24) is 5.32 Å². The van der Waals surface area contributed by atoms with Gasteiger partial charge >= 0.3 is 6.23 Å². The molecule has 0 aromatic carbocycles. The first-order valence-electron chi connectivity index (χ1n) is 3.27. The second-order valence-electron chi connectivity index (χ2n) is 2.22. The molecule has 0 aromatic heterocycles. The number of carbonyl (C=O) groups is 1.